The van der Waals surface area contributed by atoms with Gasteiger partial charge in [0.25, 0.3) is 0 Å². The van der Waals surface area contributed by atoms with Crippen LogP contribution in [0, 0.1) is 6.92 Å². The molecule has 1 atom stereocenters. The number of amides is 1. The van der Waals surface area contributed by atoms with Crippen LogP contribution in [-0.4, -0.2) is 20.6 Å². The Labute approximate surface area is 144 Å². The van der Waals surface area contributed by atoms with Crippen LogP contribution in [0.2, 0.25) is 5.02 Å². The van der Waals surface area contributed by atoms with Gasteiger partial charge in [-0.1, -0.05) is 28.9 Å². The third-order valence-electron chi connectivity index (χ3n) is 3.63. The van der Waals surface area contributed by atoms with Crippen molar-refractivity contribution in [3.05, 3.63) is 71.1 Å². The van der Waals surface area contributed by atoms with Gasteiger partial charge >= 0.3 is 0 Å². The van der Waals surface area contributed by atoms with Crippen molar-refractivity contribution < 1.29 is 9.32 Å². The second kappa shape index (κ2) is 7.31. The minimum absolute atomic E-state index is 0.0977. The van der Waals surface area contributed by atoms with E-state index in [0.29, 0.717) is 23.2 Å². The molecule has 1 amide bonds. The summed E-state index contributed by atoms with van der Waals surface area (Å²) in [7, 11) is 0. The van der Waals surface area contributed by atoms with Gasteiger partial charge in [0, 0.05) is 17.4 Å². The molecule has 7 heteroatoms. The van der Waals surface area contributed by atoms with Gasteiger partial charge < -0.3 is 14.4 Å². The van der Waals surface area contributed by atoms with Crippen molar-refractivity contribution in [2.24, 2.45) is 0 Å². The van der Waals surface area contributed by atoms with E-state index >= 15 is 0 Å². The average molecular weight is 345 g/mol. The Balaban J connectivity index is 1.69. The maximum absolute atomic E-state index is 12.3. The summed E-state index contributed by atoms with van der Waals surface area (Å²) in [4.78, 5) is 16.4. The zero-order valence-electron chi connectivity index (χ0n) is 13.1. The van der Waals surface area contributed by atoms with Crippen LogP contribution in [0.15, 0.2) is 53.3 Å². The van der Waals surface area contributed by atoms with Crippen molar-refractivity contribution in [1.29, 1.82) is 0 Å². The molecule has 0 spiro atoms. The van der Waals surface area contributed by atoms with Gasteiger partial charge in [-0.25, -0.2) is 0 Å². The van der Waals surface area contributed by atoms with Gasteiger partial charge in [0.05, 0.1) is 19.0 Å². The van der Waals surface area contributed by atoms with Gasteiger partial charge in [0.1, 0.15) is 0 Å². The van der Waals surface area contributed by atoms with Crippen LogP contribution in [0.1, 0.15) is 29.7 Å². The van der Waals surface area contributed by atoms with Crippen molar-refractivity contribution in [2.75, 3.05) is 0 Å². The fourth-order valence-electron chi connectivity index (χ4n) is 2.47. The van der Waals surface area contributed by atoms with Crippen molar-refractivity contribution in [3.63, 3.8) is 0 Å². The molecule has 3 aromatic rings. The van der Waals surface area contributed by atoms with E-state index in [2.05, 4.69) is 15.5 Å². The SMILES string of the molecule is Cc1noc(CNC(=O)C[C@@H](c2ccc(Cl)cc2)n2cccc2)n1. The number of halogens is 1. The van der Waals surface area contributed by atoms with Gasteiger partial charge in [-0.3, -0.25) is 4.79 Å². The Morgan fingerprint density at radius 2 is 2.00 bits per heavy atom. The molecule has 0 fully saturated rings. The van der Waals surface area contributed by atoms with Gasteiger partial charge in [0.2, 0.25) is 11.8 Å². The van der Waals surface area contributed by atoms with Crippen molar-refractivity contribution in [1.82, 2.24) is 20.0 Å². The topological polar surface area (TPSA) is 73.0 Å². The largest absolute Gasteiger partial charge is 0.347 e. The molecule has 6 nitrogen and oxygen atoms in total. The molecule has 2 aromatic heterocycles. The first kappa shape index (κ1) is 16.3. The van der Waals surface area contributed by atoms with Crippen molar-refractivity contribution >= 4 is 17.5 Å². The number of carbonyl (C=O) groups is 1. The molecule has 0 saturated carbocycles. The first-order valence-corrected chi connectivity index (χ1v) is 7.93. The third kappa shape index (κ3) is 4.02. The monoisotopic (exact) mass is 344 g/mol. The number of aryl methyl sites for hydroxylation is 1. The van der Waals surface area contributed by atoms with E-state index in [1.807, 2.05) is 53.4 Å². The highest BCUT2D eigenvalue weighted by atomic mass is 35.5. The summed E-state index contributed by atoms with van der Waals surface area (Å²) >= 11 is 5.96. The van der Waals surface area contributed by atoms with E-state index in [1.165, 1.54) is 0 Å². The lowest BCUT2D eigenvalue weighted by Gasteiger charge is -2.19. The second-order valence-electron chi connectivity index (χ2n) is 5.41. The van der Waals surface area contributed by atoms with E-state index in [-0.39, 0.29) is 18.5 Å². The second-order valence-corrected chi connectivity index (χ2v) is 5.85. The van der Waals surface area contributed by atoms with Gasteiger partial charge in [0.15, 0.2) is 5.82 Å². The standard InChI is InChI=1S/C17H17ClN4O2/c1-12-20-17(24-21-12)11-19-16(23)10-15(22-8-2-3-9-22)13-4-6-14(18)7-5-13/h2-9,15H,10-11H2,1H3,(H,19,23)/t15-/m0/s1. The van der Waals surface area contributed by atoms with Crippen LogP contribution < -0.4 is 5.32 Å². The maximum atomic E-state index is 12.3. The molecular formula is C17H17ClN4O2. The summed E-state index contributed by atoms with van der Waals surface area (Å²) in [6.07, 6.45) is 4.17. The highest BCUT2D eigenvalue weighted by Gasteiger charge is 2.18. The molecule has 1 aromatic carbocycles. The zero-order valence-corrected chi connectivity index (χ0v) is 13.9. The molecule has 0 unspecified atom stereocenters. The number of nitrogens with one attached hydrogen (secondary N) is 1. The van der Waals surface area contributed by atoms with Crippen LogP contribution >= 0.6 is 11.6 Å². The Morgan fingerprint density at radius 1 is 1.29 bits per heavy atom. The van der Waals surface area contributed by atoms with Crippen LogP contribution in [0.3, 0.4) is 0 Å². The lowest BCUT2D eigenvalue weighted by Crippen LogP contribution is -2.26. The number of nitrogens with zero attached hydrogens (tertiary/aromatic N) is 3. The van der Waals surface area contributed by atoms with E-state index in [9.17, 15) is 4.79 Å². The Morgan fingerprint density at radius 3 is 2.62 bits per heavy atom. The summed E-state index contributed by atoms with van der Waals surface area (Å²) in [5.74, 6) is 0.843. The van der Waals surface area contributed by atoms with Crippen molar-refractivity contribution in [3.8, 4) is 0 Å². The number of benzene rings is 1. The van der Waals surface area contributed by atoms with E-state index in [0.717, 1.165) is 5.56 Å². The normalized spacial score (nSPS) is 12.1. The van der Waals surface area contributed by atoms with E-state index < -0.39 is 0 Å². The highest BCUT2D eigenvalue weighted by Crippen LogP contribution is 2.24. The number of aromatic nitrogens is 3. The molecule has 0 aliphatic heterocycles. The molecule has 0 saturated heterocycles. The fourth-order valence-corrected chi connectivity index (χ4v) is 2.60. The Bertz CT molecular complexity index is 796. The first-order chi connectivity index (χ1) is 11.6. The van der Waals surface area contributed by atoms with Gasteiger partial charge in [-0.15, -0.1) is 0 Å². The summed E-state index contributed by atoms with van der Waals surface area (Å²) < 4.78 is 6.99. The molecule has 0 aliphatic rings. The number of hydrogen-bond acceptors (Lipinski definition) is 4. The molecular weight excluding hydrogens is 328 g/mol. The van der Waals surface area contributed by atoms with Crippen LogP contribution in [0.4, 0.5) is 0 Å². The van der Waals surface area contributed by atoms with Gasteiger partial charge in [-0.2, -0.15) is 4.98 Å². The highest BCUT2D eigenvalue weighted by molar-refractivity contribution is 6.30. The lowest BCUT2D eigenvalue weighted by molar-refractivity contribution is -0.121. The number of carbonyl (C=O) groups excluding carboxylic acids is 1. The fraction of sp³-hybridized carbons (Fsp3) is 0.235. The van der Waals surface area contributed by atoms with Crippen LogP contribution in [0.25, 0.3) is 0 Å². The van der Waals surface area contributed by atoms with Gasteiger partial charge in [-0.05, 0) is 36.8 Å². The molecule has 0 bridgehead atoms. The molecule has 0 radical (unpaired) electrons. The smallest absolute Gasteiger partial charge is 0.246 e. The minimum Gasteiger partial charge on any atom is -0.347 e. The molecule has 124 valence electrons. The van der Waals surface area contributed by atoms with Crippen molar-refractivity contribution in [2.45, 2.75) is 25.9 Å². The first-order valence-electron chi connectivity index (χ1n) is 7.55. The summed E-state index contributed by atoms with van der Waals surface area (Å²) in [6.45, 7) is 1.95. The zero-order chi connectivity index (χ0) is 16.9. The molecule has 1 N–H and O–H groups in total. The summed E-state index contributed by atoms with van der Waals surface area (Å²) in [5.41, 5.74) is 1.01. The number of hydrogen-bond donors (Lipinski definition) is 1. The third-order valence-corrected chi connectivity index (χ3v) is 3.88. The predicted octanol–water partition coefficient (Wildman–Crippen LogP) is 3.13. The number of rotatable bonds is 6. The molecule has 24 heavy (non-hydrogen) atoms. The molecule has 0 aliphatic carbocycles. The average Bonchev–Trinajstić information content (AvgIpc) is 3.23. The van der Waals surface area contributed by atoms with Crippen LogP contribution in [-0.2, 0) is 11.3 Å². The Kier molecular flexibility index (Phi) is 4.96. The lowest BCUT2D eigenvalue weighted by atomic mass is 10.0. The van der Waals surface area contributed by atoms with E-state index in [1.54, 1.807) is 6.92 Å². The Hall–Kier alpha value is -2.60. The quantitative estimate of drug-likeness (QED) is 0.745. The maximum Gasteiger partial charge on any atom is 0.246 e. The van der Waals surface area contributed by atoms with E-state index in [4.69, 9.17) is 16.1 Å². The summed E-state index contributed by atoms with van der Waals surface area (Å²) in [5, 5.41) is 7.18. The molecule has 3 rings (SSSR count). The van der Waals surface area contributed by atoms with Crippen LogP contribution in [0.5, 0.6) is 0 Å². The molecule has 2 heterocycles. The predicted molar refractivity (Wildman–Crippen MR) is 89.5 cm³/mol. The summed E-state index contributed by atoms with van der Waals surface area (Å²) in [6, 6.07) is 11.3. The minimum atomic E-state index is -0.110.